The van der Waals surface area contributed by atoms with Gasteiger partial charge in [0.15, 0.2) is 11.5 Å². The molecule has 0 bridgehead atoms. The highest BCUT2D eigenvalue weighted by Gasteiger charge is 2.50. The molecule has 1 aromatic carbocycles. The Bertz CT molecular complexity index is 743. The molecule has 3 aliphatic heterocycles. The molecule has 1 N–H and O–H groups in total. The first-order chi connectivity index (χ1) is 11.1. The van der Waals surface area contributed by atoms with E-state index in [1.165, 1.54) is 5.57 Å². The maximum atomic E-state index is 12.4. The molecule has 23 heavy (non-hydrogen) atoms. The molecule has 4 aliphatic rings. The lowest BCUT2D eigenvalue weighted by Crippen LogP contribution is -2.50. The predicted molar refractivity (Wildman–Crippen MR) is 79.6 cm³/mol. The van der Waals surface area contributed by atoms with Crippen LogP contribution >= 0.6 is 0 Å². The highest BCUT2D eigenvalue weighted by atomic mass is 16.7. The second-order valence-corrected chi connectivity index (χ2v) is 6.60. The number of rotatable bonds is 0. The van der Waals surface area contributed by atoms with Gasteiger partial charge in [0.2, 0.25) is 6.79 Å². The van der Waals surface area contributed by atoms with Crippen molar-refractivity contribution in [3.05, 3.63) is 34.9 Å². The number of likely N-dealkylation sites (tertiary alicyclic amines) is 1. The van der Waals surface area contributed by atoms with E-state index in [9.17, 15) is 9.90 Å². The van der Waals surface area contributed by atoms with Gasteiger partial charge in [0.1, 0.15) is 12.2 Å². The molecule has 0 amide bonds. The lowest BCUT2D eigenvalue weighted by molar-refractivity contribution is -0.0336. The van der Waals surface area contributed by atoms with Crippen molar-refractivity contribution >= 4 is 5.97 Å². The largest absolute Gasteiger partial charge is 0.455 e. The number of benzene rings is 1. The molecule has 3 unspecified atom stereocenters. The number of hydrogen-bond donors (Lipinski definition) is 1. The third-order valence-corrected chi connectivity index (χ3v) is 5.39. The van der Waals surface area contributed by atoms with Crippen LogP contribution in [0, 0.1) is 0 Å². The third-order valence-electron chi connectivity index (χ3n) is 5.39. The Morgan fingerprint density at radius 3 is 2.87 bits per heavy atom. The molecule has 0 radical (unpaired) electrons. The molecular formula is C17H17NO5. The lowest BCUT2D eigenvalue weighted by atomic mass is 9.74. The van der Waals surface area contributed by atoms with Gasteiger partial charge in [-0.3, -0.25) is 4.90 Å². The van der Waals surface area contributed by atoms with Crippen molar-refractivity contribution in [3.63, 3.8) is 0 Å². The fourth-order valence-electron chi connectivity index (χ4n) is 4.36. The quantitative estimate of drug-likeness (QED) is 0.570. The number of hydrogen-bond acceptors (Lipinski definition) is 6. The number of carbonyl (C=O) groups is 1. The van der Waals surface area contributed by atoms with E-state index in [1.54, 1.807) is 6.07 Å². The van der Waals surface area contributed by atoms with Crippen LogP contribution in [0.15, 0.2) is 23.8 Å². The Morgan fingerprint density at radius 2 is 2.04 bits per heavy atom. The molecule has 1 aromatic rings. The minimum Gasteiger partial charge on any atom is -0.455 e. The lowest BCUT2D eigenvalue weighted by Gasteiger charge is -2.43. The van der Waals surface area contributed by atoms with Gasteiger partial charge in [0, 0.05) is 18.5 Å². The van der Waals surface area contributed by atoms with Gasteiger partial charge >= 0.3 is 5.97 Å². The normalized spacial score (nSPS) is 34.3. The van der Waals surface area contributed by atoms with Gasteiger partial charge in [-0.1, -0.05) is 11.6 Å². The van der Waals surface area contributed by atoms with Gasteiger partial charge in [-0.2, -0.15) is 0 Å². The van der Waals surface area contributed by atoms with Crippen LogP contribution in [0.1, 0.15) is 28.3 Å². The molecule has 0 aromatic heterocycles. The van der Waals surface area contributed by atoms with Crippen LogP contribution < -0.4 is 9.47 Å². The number of fused-ring (bicyclic) bond motifs is 6. The van der Waals surface area contributed by atoms with Crippen molar-refractivity contribution in [2.24, 2.45) is 0 Å². The van der Waals surface area contributed by atoms with Crippen LogP contribution in [0.2, 0.25) is 0 Å². The zero-order chi connectivity index (χ0) is 15.7. The van der Waals surface area contributed by atoms with Crippen molar-refractivity contribution < 1.29 is 24.1 Å². The van der Waals surface area contributed by atoms with E-state index in [0.717, 1.165) is 18.5 Å². The summed E-state index contributed by atoms with van der Waals surface area (Å²) >= 11 is 0. The topological polar surface area (TPSA) is 68.2 Å². The maximum absolute atomic E-state index is 12.4. The standard InChI is InChI=1S/C17H17NO5/c1-18-3-2-8-4-11(19)16-14(15(8)18)9-5-12-13(22-7-21-12)6-10(9)17(20)23-16/h4-6,11,14-16,19H,2-3,7H2,1H3/t11?,14?,15-,16?/m1/s1. The smallest absolute Gasteiger partial charge is 0.338 e. The number of esters is 1. The zero-order valence-electron chi connectivity index (χ0n) is 12.7. The number of likely N-dealkylation sites (N-methyl/N-ethyl adjacent to an activating group) is 1. The van der Waals surface area contributed by atoms with E-state index in [1.807, 2.05) is 12.1 Å². The molecule has 1 fully saturated rings. The van der Waals surface area contributed by atoms with Crippen molar-refractivity contribution in [1.82, 2.24) is 4.90 Å². The summed E-state index contributed by atoms with van der Waals surface area (Å²) in [6, 6.07) is 3.74. The van der Waals surface area contributed by atoms with E-state index in [-0.39, 0.29) is 18.8 Å². The summed E-state index contributed by atoms with van der Waals surface area (Å²) in [6.45, 7) is 1.11. The summed E-state index contributed by atoms with van der Waals surface area (Å²) in [6.07, 6.45) is 1.49. The van der Waals surface area contributed by atoms with Crippen LogP contribution in [-0.4, -0.2) is 54.6 Å². The van der Waals surface area contributed by atoms with E-state index in [2.05, 4.69) is 11.9 Å². The minimum absolute atomic E-state index is 0.0836. The van der Waals surface area contributed by atoms with Crippen molar-refractivity contribution in [2.45, 2.75) is 30.6 Å². The monoisotopic (exact) mass is 315 g/mol. The average molecular weight is 315 g/mol. The molecule has 120 valence electrons. The van der Waals surface area contributed by atoms with E-state index in [4.69, 9.17) is 14.2 Å². The van der Waals surface area contributed by atoms with Gasteiger partial charge in [-0.25, -0.2) is 4.79 Å². The summed E-state index contributed by atoms with van der Waals surface area (Å²) in [5, 5.41) is 10.4. The molecule has 5 rings (SSSR count). The number of carbonyl (C=O) groups excluding carboxylic acids is 1. The molecule has 1 saturated heterocycles. The summed E-state index contributed by atoms with van der Waals surface area (Å²) in [5.41, 5.74) is 2.63. The van der Waals surface area contributed by atoms with Gasteiger partial charge < -0.3 is 19.3 Å². The summed E-state index contributed by atoms with van der Waals surface area (Å²) < 4.78 is 16.4. The summed E-state index contributed by atoms with van der Waals surface area (Å²) in [7, 11) is 2.07. The van der Waals surface area contributed by atoms with Crippen molar-refractivity contribution in [1.29, 1.82) is 0 Å². The fraction of sp³-hybridized carbons (Fsp3) is 0.471. The molecule has 6 heteroatoms. The molecule has 6 nitrogen and oxygen atoms in total. The van der Waals surface area contributed by atoms with Crippen LogP contribution in [0.4, 0.5) is 0 Å². The number of aliphatic hydroxyl groups is 1. The second-order valence-electron chi connectivity index (χ2n) is 6.60. The van der Waals surface area contributed by atoms with Gasteiger partial charge in [0.25, 0.3) is 0 Å². The Labute approximate surface area is 133 Å². The Morgan fingerprint density at radius 1 is 1.26 bits per heavy atom. The van der Waals surface area contributed by atoms with Gasteiger partial charge in [-0.15, -0.1) is 0 Å². The number of nitrogens with zero attached hydrogens (tertiary/aromatic N) is 1. The molecule has 1 aliphatic carbocycles. The first-order valence-corrected chi connectivity index (χ1v) is 7.87. The van der Waals surface area contributed by atoms with Gasteiger partial charge in [0.05, 0.1) is 5.56 Å². The SMILES string of the molecule is CN1CCC2=CC(O)C3OC(=O)c4cc5c(cc4C3[C@@H]21)OCO5. The van der Waals surface area contributed by atoms with E-state index in [0.29, 0.717) is 17.1 Å². The number of ether oxygens (including phenoxy) is 3. The Kier molecular flexibility index (Phi) is 2.61. The second kappa shape index (κ2) is 4.49. The highest BCUT2D eigenvalue weighted by molar-refractivity contribution is 5.94. The molecule has 0 saturated carbocycles. The van der Waals surface area contributed by atoms with Crippen LogP contribution in [-0.2, 0) is 4.74 Å². The predicted octanol–water partition coefficient (Wildman–Crippen LogP) is 1.04. The summed E-state index contributed by atoms with van der Waals surface area (Å²) in [4.78, 5) is 14.7. The first-order valence-electron chi connectivity index (χ1n) is 7.87. The molecule has 0 spiro atoms. The molecule has 4 atom stereocenters. The van der Waals surface area contributed by atoms with Crippen LogP contribution in [0.5, 0.6) is 11.5 Å². The minimum atomic E-state index is -0.764. The van der Waals surface area contributed by atoms with Crippen molar-refractivity contribution in [2.75, 3.05) is 20.4 Å². The molecule has 3 heterocycles. The van der Waals surface area contributed by atoms with E-state index < -0.39 is 18.2 Å². The molecular weight excluding hydrogens is 298 g/mol. The third kappa shape index (κ3) is 1.73. The highest BCUT2D eigenvalue weighted by Crippen LogP contribution is 2.48. The Hall–Kier alpha value is -2.05. The fourth-order valence-corrected chi connectivity index (χ4v) is 4.36. The number of aliphatic hydroxyl groups excluding tert-OH is 1. The van der Waals surface area contributed by atoms with E-state index >= 15 is 0 Å². The van der Waals surface area contributed by atoms with Crippen LogP contribution in [0.3, 0.4) is 0 Å². The first kappa shape index (κ1) is 13.4. The van der Waals surface area contributed by atoms with Crippen LogP contribution in [0.25, 0.3) is 0 Å². The maximum Gasteiger partial charge on any atom is 0.338 e. The van der Waals surface area contributed by atoms with Crippen molar-refractivity contribution in [3.8, 4) is 11.5 Å². The Balaban J connectivity index is 1.70. The average Bonchev–Trinajstić information content (AvgIpc) is 3.13. The van der Waals surface area contributed by atoms with Gasteiger partial charge in [-0.05, 0) is 31.2 Å². The summed E-state index contributed by atoms with van der Waals surface area (Å²) in [5.74, 6) is 0.741. The zero-order valence-corrected chi connectivity index (χ0v) is 12.7.